The normalized spacial score (nSPS) is 18.2. The van der Waals surface area contributed by atoms with Crippen LogP contribution < -0.4 is 10.1 Å². The summed E-state index contributed by atoms with van der Waals surface area (Å²) in [7, 11) is 0. The Bertz CT molecular complexity index is 808. The van der Waals surface area contributed by atoms with Crippen molar-refractivity contribution >= 4 is 5.91 Å². The van der Waals surface area contributed by atoms with Crippen LogP contribution in [0.5, 0.6) is 5.75 Å². The molecule has 1 atom stereocenters. The van der Waals surface area contributed by atoms with Gasteiger partial charge in [0.25, 0.3) is 0 Å². The number of ether oxygens (including phenoxy) is 1. The minimum absolute atomic E-state index is 0.0161. The van der Waals surface area contributed by atoms with Crippen molar-refractivity contribution in [3.8, 4) is 5.75 Å². The molecule has 3 nitrogen and oxygen atoms in total. The second-order valence-corrected chi connectivity index (χ2v) is 7.83. The number of rotatable bonds is 3. The van der Waals surface area contributed by atoms with Gasteiger partial charge in [0.15, 0.2) is 0 Å². The van der Waals surface area contributed by atoms with Crippen LogP contribution in [0.2, 0.25) is 0 Å². The van der Waals surface area contributed by atoms with Gasteiger partial charge in [-0.05, 0) is 57.4 Å². The van der Waals surface area contributed by atoms with Gasteiger partial charge >= 0.3 is 0 Å². The number of aryl methyl sites for hydroxylation is 3. The van der Waals surface area contributed by atoms with E-state index in [2.05, 4.69) is 76.3 Å². The Hall–Kier alpha value is -2.29. The van der Waals surface area contributed by atoms with Crippen LogP contribution in [-0.2, 0) is 11.2 Å². The van der Waals surface area contributed by atoms with Crippen molar-refractivity contribution in [2.45, 2.75) is 59.1 Å². The van der Waals surface area contributed by atoms with Gasteiger partial charge in [-0.3, -0.25) is 4.79 Å². The van der Waals surface area contributed by atoms with Crippen LogP contribution in [0.3, 0.4) is 0 Å². The monoisotopic (exact) mass is 337 g/mol. The highest BCUT2D eigenvalue weighted by Gasteiger charge is 2.34. The Morgan fingerprint density at radius 3 is 2.52 bits per heavy atom. The Morgan fingerprint density at radius 2 is 1.80 bits per heavy atom. The fourth-order valence-electron chi connectivity index (χ4n) is 3.55. The molecule has 0 aromatic heterocycles. The van der Waals surface area contributed by atoms with Crippen LogP contribution in [0.4, 0.5) is 0 Å². The number of fused-ring (bicyclic) bond motifs is 1. The predicted molar refractivity (Wildman–Crippen MR) is 101 cm³/mol. The predicted octanol–water partition coefficient (Wildman–Crippen LogP) is 4.57. The van der Waals surface area contributed by atoms with Gasteiger partial charge in [0, 0.05) is 12.0 Å². The maximum atomic E-state index is 12.7. The molecule has 3 heteroatoms. The van der Waals surface area contributed by atoms with E-state index in [4.69, 9.17) is 4.74 Å². The molecule has 132 valence electrons. The van der Waals surface area contributed by atoms with E-state index in [0.29, 0.717) is 6.42 Å². The summed E-state index contributed by atoms with van der Waals surface area (Å²) in [5.74, 6) is 0.939. The van der Waals surface area contributed by atoms with Crippen LogP contribution in [0, 0.1) is 20.8 Å². The topological polar surface area (TPSA) is 38.3 Å². The second-order valence-electron chi connectivity index (χ2n) is 7.83. The van der Waals surface area contributed by atoms with E-state index in [1.807, 2.05) is 0 Å². The molecule has 1 amide bonds. The lowest BCUT2D eigenvalue weighted by molar-refractivity contribution is -0.121. The Balaban J connectivity index is 1.79. The lowest BCUT2D eigenvalue weighted by Gasteiger charge is -2.38. The number of hydrogen-bond donors (Lipinski definition) is 1. The standard InChI is InChI=1S/C22H27NO2/c1-14-6-8-17(16(3)10-14)12-21(24)23-19-13-22(4,5)25-20-11-15(2)7-9-18(19)20/h6-11,19H,12-13H2,1-5H3,(H,23,24)/t19-/m1/s1. The summed E-state index contributed by atoms with van der Waals surface area (Å²) in [6.07, 6.45) is 1.17. The fourth-order valence-corrected chi connectivity index (χ4v) is 3.55. The summed E-state index contributed by atoms with van der Waals surface area (Å²) in [4.78, 5) is 12.7. The van der Waals surface area contributed by atoms with E-state index in [1.165, 1.54) is 11.1 Å². The number of carbonyl (C=O) groups is 1. The highest BCUT2D eigenvalue weighted by atomic mass is 16.5. The van der Waals surface area contributed by atoms with Gasteiger partial charge < -0.3 is 10.1 Å². The molecule has 0 bridgehead atoms. The Labute approximate surface area is 150 Å². The zero-order chi connectivity index (χ0) is 18.2. The highest BCUT2D eigenvalue weighted by Crippen LogP contribution is 2.39. The first-order valence-electron chi connectivity index (χ1n) is 8.88. The maximum absolute atomic E-state index is 12.7. The van der Waals surface area contributed by atoms with Crippen LogP contribution >= 0.6 is 0 Å². The quantitative estimate of drug-likeness (QED) is 0.891. The van der Waals surface area contributed by atoms with Crippen LogP contribution in [0.1, 0.15) is 54.1 Å². The van der Waals surface area contributed by atoms with E-state index in [-0.39, 0.29) is 17.6 Å². The molecule has 2 aromatic carbocycles. The molecular weight excluding hydrogens is 310 g/mol. The number of carbonyl (C=O) groups excluding carboxylic acids is 1. The summed E-state index contributed by atoms with van der Waals surface area (Å²) in [6, 6.07) is 12.4. The summed E-state index contributed by atoms with van der Waals surface area (Å²) in [5.41, 5.74) is 5.41. The third-order valence-electron chi connectivity index (χ3n) is 4.81. The third-order valence-corrected chi connectivity index (χ3v) is 4.81. The van der Waals surface area contributed by atoms with Crippen molar-refractivity contribution in [3.63, 3.8) is 0 Å². The average molecular weight is 337 g/mol. The first-order chi connectivity index (χ1) is 11.7. The van der Waals surface area contributed by atoms with Crippen molar-refractivity contribution < 1.29 is 9.53 Å². The van der Waals surface area contributed by atoms with Gasteiger partial charge in [0.2, 0.25) is 5.91 Å². The molecule has 0 fully saturated rings. The first-order valence-corrected chi connectivity index (χ1v) is 8.88. The largest absolute Gasteiger partial charge is 0.487 e. The van der Waals surface area contributed by atoms with Crippen LogP contribution in [-0.4, -0.2) is 11.5 Å². The smallest absolute Gasteiger partial charge is 0.224 e. The summed E-state index contributed by atoms with van der Waals surface area (Å²) >= 11 is 0. The Kier molecular flexibility index (Phi) is 4.59. The van der Waals surface area contributed by atoms with Gasteiger partial charge in [-0.2, -0.15) is 0 Å². The molecule has 25 heavy (non-hydrogen) atoms. The summed E-state index contributed by atoms with van der Waals surface area (Å²) in [6.45, 7) is 10.3. The molecule has 1 aliphatic heterocycles. The highest BCUT2D eigenvalue weighted by molar-refractivity contribution is 5.79. The molecule has 0 radical (unpaired) electrons. The van der Waals surface area contributed by atoms with E-state index in [1.54, 1.807) is 0 Å². The number of benzene rings is 2. The molecule has 2 aromatic rings. The van der Waals surface area contributed by atoms with Crippen molar-refractivity contribution in [1.82, 2.24) is 5.32 Å². The van der Waals surface area contributed by atoms with E-state index >= 15 is 0 Å². The molecule has 0 saturated carbocycles. The molecule has 1 N–H and O–H groups in total. The maximum Gasteiger partial charge on any atom is 0.224 e. The summed E-state index contributed by atoms with van der Waals surface area (Å²) in [5, 5.41) is 3.22. The van der Waals surface area contributed by atoms with Crippen molar-refractivity contribution in [3.05, 3.63) is 64.2 Å². The Morgan fingerprint density at radius 1 is 1.12 bits per heavy atom. The van der Waals surface area contributed by atoms with Gasteiger partial charge in [-0.1, -0.05) is 35.9 Å². The van der Waals surface area contributed by atoms with Crippen molar-refractivity contribution in [2.75, 3.05) is 0 Å². The van der Waals surface area contributed by atoms with Gasteiger partial charge in [0.05, 0.1) is 12.5 Å². The summed E-state index contributed by atoms with van der Waals surface area (Å²) < 4.78 is 6.11. The molecule has 1 heterocycles. The average Bonchev–Trinajstić information content (AvgIpc) is 2.48. The van der Waals surface area contributed by atoms with Gasteiger partial charge in [-0.25, -0.2) is 0 Å². The molecular formula is C22H27NO2. The van der Waals surface area contributed by atoms with Gasteiger partial charge in [-0.15, -0.1) is 0 Å². The molecule has 3 rings (SSSR count). The molecule has 0 aliphatic carbocycles. The number of hydrogen-bond acceptors (Lipinski definition) is 2. The number of nitrogens with one attached hydrogen (secondary N) is 1. The second kappa shape index (κ2) is 6.55. The van der Waals surface area contributed by atoms with Crippen molar-refractivity contribution in [2.24, 2.45) is 0 Å². The zero-order valence-electron chi connectivity index (χ0n) is 15.8. The minimum atomic E-state index is -0.293. The van der Waals surface area contributed by atoms with E-state index < -0.39 is 0 Å². The van der Waals surface area contributed by atoms with Crippen LogP contribution in [0.25, 0.3) is 0 Å². The number of amides is 1. The molecule has 0 spiro atoms. The fraction of sp³-hybridized carbons (Fsp3) is 0.409. The van der Waals surface area contributed by atoms with Crippen molar-refractivity contribution in [1.29, 1.82) is 0 Å². The lowest BCUT2D eigenvalue weighted by Crippen LogP contribution is -2.41. The molecule has 1 aliphatic rings. The minimum Gasteiger partial charge on any atom is -0.487 e. The van der Waals surface area contributed by atoms with E-state index in [9.17, 15) is 4.79 Å². The first kappa shape index (κ1) is 17.5. The third kappa shape index (κ3) is 4.04. The lowest BCUT2D eigenvalue weighted by atomic mass is 9.89. The van der Waals surface area contributed by atoms with E-state index in [0.717, 1.165) is 28.9 Å². The van der Waals surface area contributed by atoms with Crippen LogP contribution in [0.15, 0.2) is 36.4 Å². The molecule has 0 unspecified atom stereocenters. The SMILES string of the molecule is Cc1ccc(CC(=O)N[C@@H]2CC(C)(C)Oc3cc(C)ccc32)c(C)c1. The molecule has 0 saturated heterocycles. The van der Waals surface area contributed by atoms with Gasteiger partial charge in [0.1, 0.15) is 11.4 Å². The zero-order valence-corrected chi connectivity index (χ0v) is 15.8.